The fourth-order valence-electron chi connectivity index (χ4n) is 6.22. The fraction of sp³-hybridized carbons (Fsp3) is 0.783. The van der Waals surface area contributed by atoms with Crippen LogP contribution in [0.2, 0.25) is 0 Å². The number of piperidine rings is 2. The molecule has 34 heavy (non-hydrogen) atoms. The second kappa shape index (κ2) is 9.50. The highest BCUT2D eigenvalue weighted by Gasteiger charge is 2.50. The molecule has 3 amide bonds. The van der Waals surface area contributed by atoms with Gasteiger partial charge in [-0.3, -0.25) is 24.2 Å². The number of carbonyl (C=O) groups excluding carboxylic acids is 3. The molecule has 1 aromatic rings. The normalized spacial score (nSPS) is 28.3. The number of rotatable bonds is 4. The monoisotopic (exact) mass is 489 g/mol. The van der Waals surface area contributed by atoms with E-state index < -0.39 is 5.54 Å². The van der Waals surface area contributed by atoms with Gasteiger partial charge in [-0.15, -0.1) is 5.10 Å². The van der Waals surface area contributed by atoms with Gasteiger partial charge in [-0.25, -0.2) is 0 Å². The Balaban J connectivity index is 1.18. The van der Waals surface area contributed by atoms with Crippen molar-refractivity contribution in [2.24, 2.45) is 0 Å². The summed E-state index contributed by atoms with van der Waals surface area (Å²) in [4.78, 5) is 46.7. The molecule has 0 aliphatic carbocycles. The van der Waals surface area contributed by atoms with Crippen molar-refractivity contribution in [3.63, 3.8) is 0 Å². The molecule has 0 aromatic carbocycles. The molecule has 2 atom stereocenters. The number of hydrogen-bond donors (Lipinski definition) is 1. The lowest BCUT2D eigenvalue weighted by molar-refractivity contribution is -0.136. The van der Waals surface area contributed by atoms with Crippen LogP contribution in [0.4, 0.5) is 0 Å². The van der Waals surface area contributed by atoms with Crippen molar-refractivity contribution in [1.82, 2.24) is 34.5 Å². The van der Waals surface area contributed by atoms with E-state index in [1.807, 2.05) is 15.2 Å². The van der Waals surface area contributed by atoms with E-state index in [2.05, 4.69) is 31.8 Å². The summed E-state index contributed by atoms with van der Waals surface area (Å²) >= 11 is 1.36. The van der Waals surface area contributed by atoms with E-state index in [1.165, 1.54) is 11.5 Å². The number of fused-ring (bicyclic) bond motifs is 1. The molecule has 11 heteroatoms. The Morgan fingerprint density at radius 1 is 1.21 bits per heavy atom. The molecule has 1 spiro atoms. The topological polar surface area (TPSA) is 102 Å². The van der Waals surface area contributed by atoms with Crippen molar-refractivity contribution in [2.75, 3.05) is 39.8 Å². The molecule has 0 radical (unpaired) electrons. The average Bonchev–Trinajstić information content (AvgIpc) is 3.49. The predicted molar refractivity (Wildman–Crippen MR) is 127 cm³/mol. The van der Waals surface area contributed by atoms with Crippen LogP contribution in [0, 0.1) is 0 Å². The molecule has 1 aromatic heterocycles. The van der Waals surface area contributed by atoms with Crippen LogP contribution in [-0.2, 0) is 20.9 Å². The van der Waals surface area contributed by atoms with Gasteiger partial charge in [0, 0.05) is 63.7 Å². The maximum atomic E-state index is 13.4. The van der Waals surface area contributed by atoms with Gasteiger partial charge in [0.2, 0.25) is 17.7 Å². The second-order valence-electron chi connectivity index (χ2n) is 10.5. The van der Waals surface area contributed by atoms with E-state index in [0.29, 0.717) is 25.4 Å². The maximum absolute atomic E-state index is 13.4. The summed E-state index contributed by atoms with van der Waals surface area (Å²) in [6, 6.07) is 0.179. The standard InChI is InChI=1S/C23H35N7O3S/c1-16(31)29-7-3-18(4-8-29)27(2)19-11-20-22(33)24-23(12-21(32)30(20)14-19)5-9-28(10-6-23)13-17-15-34-26-25-17/h15,18-20H,3-14H2,1-2H3,(H,24,33)/t19-,20-/m0/s1. The molecule has 0 unspecified atom stereocenters. The molecule has 1 N–H and O–H groups in total. The van der Waals surface area contributed by atoms with Crippen molar-refractivity contribution in [3.05, 3.63) is 11.1 Å². The van der Waals surface area contributed by atoms with E-state index in [-0.39, 0.29) is 29.8 Å². The summed E-state index contributed by atoms with van der Waals surface area (Å²) in [5, 5.41) is 9.42. The van der Waals surface area contributed by atoms with Gasteiger partial charge in [-0.1, -0.05) is 4.49 Å². The van der Waals surface area contributed by atoms with E-state index in [9.17, 15) is 14.4 Å². The summed E-state index contributed by atoms with van der Waals surface area (Å²) < 4.78 is 3.93. The third-order valence-corrected chi connectivity index (χ3v) is 9.00. The molecule has 5 heterocycles. The lowest BCUT2D eigenvalue weighted by Crippen LogP contribution is -2.56. The van der Waals surface area contributed by atoms with Crippen LogP contribution in [0.15, 0.2) is 5.38 Å². The maximum Gasteiger partial charge on any atom is 0.243 e. The van der Waals surface area contributed by atoms with E-state index in [4.69, 9.17) is 0 Å². The third-order valence-electron chi connectivity index (χ3n) is 8.45. The number of hydrogen-bond acceptors (Lipinski definition) is 8. The second-order valence-corrected chi connectivity index (χ2v) is 11.1. The SMILES string of the molecule is CC(=O)N1CCC(N(C)[C@H]2C[C@H]3C(=O)NC4(CCN(Cc5csnn5)CC4)CC(=O)N3C2)CC1. The highest BCUT2D eigenvalue weighted by Crippen LogP contribution is 2.34. The Morgan fingerprint density at radius 2 is 1.94 bits per heavy atom. The number of aromatic nitrogens is 2. The van der Waals surface area contributed by atoms with Crippen molar-refractivity contribution >= 4 is 29.3 Å². The zero-order valence-corrected chi connectivity index (χ0v) is 20.9. The Labute approximate surface area is 204 Å². The molecular formula is C23H35N7O3S. The minimum absolute atomic E-state index is 0.00491. The highest BCUT2D eigenvalue weighted by atomic mass is 32.1. The van der Waals surface area contributed by atoms with E-state index in [1.54, 1.807) is 6.92 Å². The van der Waals surface area contributed by atoms with Crippen molar-refractivity contribution in [3.8, 4) is 0 Å². The number of likely N-dealkylation sites (tertiary alicyclic amines) is 2. The lowest BCUT2D eigenvalue weighted by Gasteiger charge is -2.41. The molecular weight excluding hydrogens is 454 g/mol. The number of carbonyl (C=O) groups is 3. The van der Waals surface area contributed by atoms with Crippen molar-refractivity contribution in [2.45, 2.75) is 75.7 Å². The van der Waals surface area contributed by atoms with Crippen LogP contribution in [0.3, 0.4) is 0 Å². The Morgan fingerprint density at radius 3 is 2.59 bits per heavy atom. The van der Waals surface area contributed by atoms with Crippen LogP contribution in [0.1, 0.15) is 51.1 Å². The predicted octanol–water partition coefficient (Wildman–Crippen LogP) is 0.305. The summed E-state index contributed by atoms with van der Waals surface area (Å²) in [5.41, 5.74) is 0.542. The minimum atomic E-state index is -0.434. The van der Waals surface area contributed by atoms with Gasteiger partial charge in [0.15, 0.2) is 0 Å². The zero-order chi connectivity index (χ0) is 23.9. The van der Waals surface area contributed by atoms with Crippen LogP contribution in [-0.4, -0.2) is 110 Å². The number of nitrogens with one attached hydrogen (secondary N) is 1. The molecule has 186 valence electrons. The quantitative estimate of drug-likeness (QED) is 0.649. The molecule has 0 saturated carbocycles. The van der Waals surface area contributed by atoms with Gasteiger partial charge >= 0.3 is 0 Å². The van der Waals surface area contributed by atoms with Crippen LogP contribution in [0.5, 0.6) is 0 Å². The Kier molecular flexibility index (Phi) is 6.60. The first kappa shape index (κ1) is 23.6. The van der Waals surface area contributed by atoms with Gasteiger partial charge in [0.25, 0.3) is 0 Å². The highest BCUT2D eigenvalue weighted by molar-refractivity contribution is 7.03. The minimum Gasteiger partial charge on any atom is -0.348 e. The number of nitrogens with zero attached hydrogens (tertiary/aromatic N) is 6. The summed E-state index contributed by atoms with van der Waals surface area (Å²) in [7, 11) is 2.11. The van der Waals surface area contributed by atoms with Crippen LogP contribution < -0.4 is 5.32 Å². The van der Waals surface area contributed by atoms with Crippen LogP contribution in [0.25, 0.3) is 0 Å². The zero-order valence-electron chi connectivity index (χ0n) is 20.1. The third kappa shape index (κ3) is 4.70. The molecule has 4 aliphatic heterocycles. The summed E-state index contributed by atoms with van der Waals surface area (Å²) in [5.74, 6) is 0.241. The van der Waals surface area contributed by atoms with E-state index in [0.717, 1.165) is 64.1 Å². The molecule has 4 saturated heterocycles. The van der Waals surface area contributed by atoms with Gasteiger partial charge < -0.3 is 15.1 Å². The summed E-state index contributed by atoms with van der Waals surface area (Å²) in [6.07, 6.45) is 4.50. The largest absolute Gasteiger partial charge is 0.348 e. The molecule has 10 nitrogen and oxygen atoms in total. The first-order chi connectivity index (χ1) is 16.3. The van der Waals surface area contributed by atoms with Crippen LogP contribution >= 0.6 is 11.5 Å². The number of amides is 3. The number of likely N-dealkylation sites (N-methyl/N-ethyl adjacent to an activating group) is 1. The molecule has 4 fully saturated rings. The van der Waals surface area contributed by atoms with Gasteiger partial charge in [-0.05, 0) is 50.7 Å². The van der Waals surface area contributed by atoms with Gasteiger partial charge in [0.05, 0.1) is 17.7 Å². The summed E-state index contributed by atoms with van der Waals surface area (Å²) in [6.45, 7) is 6.23. The Hall–Kier alpha value is -2.11. The average molecular weight is 490 g/mol. The van der Waals surface area contributed by atoms with Crippen molar-refractivity contribution < 1.29 is 14.4 Å². The smallest absolute Gasteiger partial charge is 0.243 e. The fourth-order valence-corrected chi connectivity index (χ4v) is 6.66. The van der Waals surface area contributed by atoms with Gasteiger partial charge in [0.1, 0.15) is 6.04 Å². The first-order valence-electron chi connectivity index (χ1n) is 12.4. The van der Waals surface area contributed by atoms with Crippen molar-refractivity contribution in [1.29, 1.82) is 0 Å². The first-order valence-corrected chi connectivity index (χ1v) is 13.2. The molecule has 0 bridgehead atoms. The lowest BCUT2D eigenvalue weighted by atomic mass is 9.84. The molecule has 4 aliphatic rings. The Bertz CT molecular complexity index is 882. The molecule has 5 rings (SSSR count). The van der Waals surface area contributed by atoms with E-state index >= 15 is 0 Å². The van der Waals surface area contributed by atoms with Gasteiger partial charge in [-0.2, -0.15) is 0 Å².